The number of anilines is 1. The van der Waals surface area contributed by atoms with Gasteiger partial charge in [0.1, 0.15) is 0 Å². The molecule has 0 radical (unpaired) electrons. The number of hydrogen-bond donors (Lipinski definition) is 2. The lowest BCUT2D eigenvalue weighted by molar-refractivity contribution is 0.324. The van der Waals surface area contributed by atoms with Gasteiger partial charge in [0.05, 0.1) is 27.1 Å². The van der Waals surface area contributed by atoms with Crippen LogP contribution in [-0.4, -0.2) is 42.0 Å². The van der Waals surface area contributed by atoms with Crippen molar-refractivity contribution in [3.8, 4) is 17.2 Å². The molecule has 0 saturated carbocycles. The van der Waals surface area contributed by atoms with E-state index in [1.54, 1.807) is 12.1 Å². The Morgan fingerprint density at radius 1 is 1.11 bits per heavy atom. The van der Waals surface area contributed by atoms with Gasteiger partial charge in [-0.25, -0.2) is 13.6 Å². The number of rotatable bonds is 7. The molecule has 0 atom stereocenters. The Hall–Kier alpha value is -1.67. The molecule has 0 aromatic heterocycles. The predicted octanol–water partition coefficient (Wildman–Crippen LogP) is 0.413. The van der Waals surface area contributed by atoms with Gasteiger partial charge in [0.25, 0.3) is 0 Å². The van der Waals surface area contributed by atoms with Crippen LogP contribution < -0.4 is 24.7 Å². The molecule has 0 amide bonds. The third kappa shape index (κ3) is 4.49. The van der Waals surface area contributed by atoms with Crippen molar-refractivity contribution in [1.82, 2.24) is 0 Å². The highest BCUT2D eigenvalue weighted by Gasteiger charge is 2.13. The van der Waals surface area contributed by atoms with Crippen molar-refractivity contribution in [2.75, 3.05) is 38.9 Å². The molecule has 0 aliphatic rings. The summed E-state index contributed by atoms with van der Waals surface area (Å²) in [6.45, 7) is 0.192. The van der Waals surface area contributed by atoms with Gasteiger partial charge in [-0.1, -0.05) is 0 Å². The van der Waals surface area contributed by atoms with E-state index in [-0.39, 0.29) is 12.3 Å². The number of sulfonamides is 1. The summed E-state index contributed by atoms with van der Waals surface area (Å²) in [6, 6.07) is 3.37. The van der Waals surface area contributed by atoms with Crippen LogP contribution in [0.15, 0.2) is 12.1 Å². The van der Waals surface area contributed by atoms with Gasteiger partial charge in [-0.2, -0.15) is 0 Å². The van der Waals surface area contributed by atoms with E-state index in [2.05, 4.69) is 5.32 Å². The highest BCUT2D eigenvalue weighted by molar-refractivity contribution is 7.89. The van der Waals surface area contributed by atoms with Crippen LogP contribution in [0.2, 0.25) is 0 Å². The third-order valence-corrected chi connectivity index (χ3v) is 3.15. The zero-order valence-corrected chi connectivity index (χ0v) is 11.9. The molecule has 1 aromatic carbocycles. The minimum Gasteiger partial charge on any atom is -0.493 e. The van der Waals surface area contributed by atoms with Gasteiger partial charge in [0.15, 0.2) is 11.5 Å². The van der Waals surface area contributed by atoms with Crippen LogP contribution in [0.3, 0.4) is 0 Å². The fourth-order valence-corrected chi connectivity index (χ4v) is 1.91. The minimum absolute atomic E-state index is 0.163. The number of nitrogens with one attached hydrogen (secondary N) is 1. The zero-order chi connectivity index (χ0) is 14.5. The molecule has 0 aliphatic carbocycles. The van der Waals surface area contributed by atoms with E-state index in [4.69, 9.17) is 19.3 Å². The second-order valence-corrected chi connectivity index (χ2v) is 5.44. The van der Waals surface area contributed by atoms with Gasteiger partial charge < -0.3 is 19.5 Å². The van der Waals surface area contributed by atoms with Gasteiger partial charge in [-0.05, 0) is 0 Å². The summed E-state index contributed by atoms with van der Waals surface area (Å²) in [6.07, 6.45) is 0. The Balaban J connectivity index is 2.90. The van der Waals surface area contributed by atoms with Crippen molar-refractivity contribution in [3.63, 3.8) is 0 Å². The number of ether oxygens (including phenoxy) is 3. The lowest BCUT2D eigenvalue weighted by Gasteiger charge is -2.14. The number of nitrogens with two attached hydrogens (primary N) is 1. The van der Waals surface area contributed by atoms with Gasteiger partial charge in [0, 0.05) is 24.4 Å². The third-order valence-electron chi connectivity index (χ3n) is 2.38. The molecule has 0 saturated heterocycles. The van der Waals surface area contributed by atoms with E-state index < -0.39 is 10.0 Å². The number of hydrogen-bond acceptors (Lipinski definition) is 6. The van der Waals surface area contributed by atoms with E-state index in [1.807, 2.05) is 0 Å². The molecule has 0 aliphatic heterocycles. The van der Waals surface area contributed by atoms with Gasteiger partial charge >= 0.3 is 0 Å². The average molecular weight is 290 g/mol. The van der Waals surface area contributed by atoms with Crippen molar-refractivity contribution in [1.29, 1.82) is 0 Å². The molecular weight excluding hydrogens is 272 g/mol. The molecule has 3 N–H and O–H groups in total. The molecule has 0 fully saturated rings. The van der Waals surface area contributed by atoms with Crippen molar-refractivity contribution in [2.45, 2.75) is 0 Å². The molecule has 7 nitrogen and oxygen atoms in total. The summed E-state index contributed by atoms with van der Waals surface area (Å²) in [5.74, 6) is 1.28. The summed E-state index contributed by atoms with van der Waals surface area (Å²) >= 11 is 0. The van der Waals surface area contributed by atoms with Crippen LogP contribution in [0.4, 0.5) is 5.69 Å². The second kappa shape index (κ2) is 6.48. The van der Waals surface area contributed by atoms with Gasteiger partial charge in [-0.15, -0.1) is 0 Å². The Bertz CT molecular complexity index is 505. The molecule has 1 aromatic rings. The zero-order valence-electron chi connectivity index (χ0n) is 11.1. The van der Waals surface area contributed by atoms with Crippen molar-refractivity contribution < 1.29 is 22.6 Å². The highest BCUT2D eigenvalue weighted by Crippen LogP contribution is 2.39. The smallest absolute Gasteiger partial charge is 0.210 e. The fraction of sp³-hybridized carbons (Fsp3) is 0.455. The molecule has 0 spiro atoms. The maximum atomic E-state index is 10.8. The molecular formula is C11H18N2O5S. The summed E-state index contributed by atoms with van der Waals surface area (Å²) in [5, 5.41) is 7.85. The molecule has 8 heteroatoms. The first kappa shape index (κ1) is 15.4. The van der Waals surface area contributed by atoms with E-state index in [1.165, 1.54) is 21.3 Å². The topological polar surface area (TPSA) is 99.9 Å². The largest absolute Gasteiger partial charge is 0.493 e. The monoisotopic (exact) mass is 290 g/mol. The Morgan fingerprint density at radius 2 is 1.63 bits per heavy atom. The first-order valence-corrected chi connectivity index (χ1v) is 7.17. The average Bonchev–Trinajstić information content (AvgIpc) is 2.35. The molecule has 1 rings (SSSR count). The molecule has 0 bridgehead atoms. The first-order chi connectivity index (χ1) is 8.91. The maximum absolute atomic E-state index is 10.8. The summed E-state index contributed by atoms with van der Waals surface area (Å²) in [7, 11) is 1.03. The molecule has 108 valence electrons. The fourth-order valence-electron chi connectivity index (χ4n) is 1.52. The van der Waals surface area contributed by atoms with Crippen molar-refractivity contribution in [3.05, 3.63) is 12.1 Å². The number of benzene rings is 1. The Morgan fingerprint density at radius 3 is 2.00 bits per heavy atom. The molecule has 0 unspecified atom stereocenters. The lowest BCUT2D eigenvalue weighted by atomic mass is 10.2. The van der Waals surface area contributed by atoms with E-state index in [0.29, 0.717) is 22.9 Å². The van der Waals surface area contributed by atoms with Gasteiger partial charge in [-0.3, -0.25) is 0 Å². The van der Waals surface area contributed by atoms with Crippen LogP contribution in [-0.2, 0) is 10.0 Å². The summed E-state index contributed by atoms with van der Waals surface area (Å²) in [5.41, 5.74) is 0.651. The maximum Gasteiger partial charge on any atom is 0.210 e. The number of methoxy groups -OCH3 is 3. The molecule has 19 heavy (non-hydrogen) atoms. The quantitative estimate of drug-likeness (QED) is 0.754. The van der Waals surface area contributed by atoms with Crippen molar-refractivity contribution in [2.24, 2.45) is 5.14 Å². The number of primary sulfonamides is 1. The Labute approximate surface area is 112 Å². The predicted molar refractivity (Wildman–Crippen MR) is 72.6 cm³/mol. The highest BCUT2D eigenvalue weighted by atomic mass is 32.2. The normalized spacial score (nSPS) is 10.9. The van der Waals surface area contributed by atoms with Crippen LogP contribution in [0.5, 0.6) is 17.2 Å². The van der Waals surface area contributed by atoms with Crippen molar-refractivity contribution >= 4 is 15.7 Å². The first-order valence-electron chi connectivity index (χ1n) is 5.45. The van der Waals surface area contributed by atoms with E-state index in [0.717, 1.165) is 0 Å². The van der Waals surface area contributed by atoms with Gasteiger partial charge in [0.2, 0.25) is 15.8 Å². The minimum atomic E-state index is -3.49. The molecule has 0 heterocycles. The van der Waals surface area contributed by atoms with E-state index >= 15 is 0 Å². The standard InChI is InChI=1S/C11H18N2O5S/c1-16-9-6-8(13-4-5-19(12,14)15)7-10(17-2)11(9)18-3/h6-7,13H,4-5H2,1-3H3,(H2,12,14,15). The van der Waals surface area contributed by atoms with Crippen LogP contribution in [0.25, 0.3) is 0 Å². The summed E-state index contributed by atoms with van der Waals surface area (Å²) in [4.78, 5) is 0. The second-order valence-electron chi connectivity index (χ2n) is 3.71. The SMILES string of the molecule is COc1cc(NCCS(N)(=O)=O)cc(OC)c1OC. The Kier molecular flexibility index (Phi) is 5.25. The van der Waals surface area contributed by atoms with Crippen LogP contribution >= 0.6 is 0 Å². The summed E-state index contributed by atoms with van der Waals surface area (Å²) < 4.78 is 37.2. The lowest BCUT2D eigenvalue weighted by Crippen LogP contribution is -2.22. The van der Waals surface area contributed by atoms with E-state index in [9.17, 15) is 8.42 Å². The van der Waals surface area contributed by atoms with Crippen LogP contribution in [0, 0.1) is 0 Å². The van der Waals surface area contributed by atoms with Crippen LogP contribution in [0.1, 0.15) is 0 Å².